The van der Waals surface area contributed by atoms with Crippen LogP contribution in [0.5, 0.6) is 11.6 Å². The second kappa shape index (κ2) is 11.9. The van der Waals surface area contributed by atoms with Gasteiger partial charge >= 0.3 is 0 Å². The van der Waals surface area contributed by atoms with Gasteiger partial charge in [0.1, 0.15) is 11.9 Å². The monoisotopic (exact) mass is 462 g/mol. The number of carbonyl (C=O) groups is 1. The Morgan fingerprint density at radius 3 is 2.38 bits per heavy atom. The number of hydrogen-bond donors (Lipinski definition) is 1. The molecule has 0 radical (unpaired) electrons. The number of para-hydroxylation sites is 1. The van der Waals surface area contributed by atoms with E-state index in [2.05, 4.69) is 10.3 Å². The number of hydrogen-bond acceptors (Lipinski definition) is 6. The minimum Gasteiger partial charge on any atom is -0.439 e. The summed E-state index contributed by atoms with van der Waals surface area (Å²) in [5, 5.41) is 14.8. The zero-order chi connectivity index (χ0) is 24.5. The lowest BCUT2D eigenvalue weighted by molar-refractivity contribution is -0.386. The van der Waals surface area contributed by atoms with E-state index in [-0.39, 0.29) is 29.9 Å². The zero-order valence-electron chi connectivity index (χ0n) is 19.7. The molecule has 1 heterocycles. The van der Waals surface area contributed by atoms with Crippen molar-refractivity contribution in [3.05, 3.63) is 94.2 Å². The Morgan fingerprint density at radius 2 is 1.76 bits per heavy atom. The van der Waals surface area contributed by atoms with Crippen LogP contribution in [-0.4, -0.2) is 40.3 Å². The summed E-state index contributed by atoms with van der Waals surface area (Å²) >= 11 is 0. The molecule has 1 N–H and O–H groups in total. The summed E-state index contributed by atoms with van der Waals surface area (Å²) in [5.41, 5.74) is 1.44. The molecule has 8 nitrogen and oxygen atoms in total. The van der Waals surface area contributed by atoms with E-state index in [4.69, 9.17) is 4.74 Å². The molecule has 178 valence electrons. The van der Waals surface area contributed by atoms with Gasteiger partial charge in [-0.2, -0.15) is 0 Å². The highest BCUT2D eigenvalue weighted by atomic mass is 16.6. The van der Waals surface area contributed by atoms with E-state index in [0.29, 0.717) is 17.9 Å². The van der Waals surface area contributed by atoms with E-state index < -0.39 is 11.0 Å². The highest BCUT2D eigenvalue weighted by Crippen LogP contribution is 2.25. The lowest BCUT2D eigenvalue weighted by atomic mass is 10.0. The SMILES string of the molecule is CC(C)[C@@H](NCc1cc(Oc2ccccc2)ncc1[N+](=O)[O-])C(=O)N(C)CCc1ccccc1. The van der Waals surface area contributed by atoms with Crippen molar-refractivity contribution >= 4 is 11.6 Å². The maximum absolute atomic E-state index is 13.1. The molecule has 2 aromatic carbocycles. The van der Waals surface area contributed by atoms with Crippen molar-refractivity contribution < 1.29 is 14.5 Å². The third kappa shape index (κ3) is 6.86. The number of amides is 1. The molecule has 0 fully saturated rings. The van der Waals surface area contributed by atoms with E-state index in [1.54, 1.807) is 30.1 Å². The van der Waals surface area contributed by atoms with Crippen LogP contribution in [0.2, 0.25) is 0 Å². The van der Waals surface area contributed by atoms with Crippen LogP contribution in [0.4, 0.5) is 5.69 Å². The van der Waals surface area contributed by atoms with Gasteiger partial charge in [-0.1, -0.05) is 62.4 Å². The Balaban J connectivity index is 1.70. The molecule has 0 aliphatic rings. The number of nitro groups is 1. The maximum Gasteiger partial charge on any atom is 0.292 e. The lowest BCUT2D eigenvalue weighted by Crippen LogP contribution is -2.48. The van der Waals surface area contributed by atoms with Crippen molar-refractivity contribution in [1.82, 2.24) is 15.2 Å². The van der Waals surface area contributed by atoms with E-state index in [1.807, 2.05) is 62.4 Å². The summed E-state index contributed by atoms with van der Waals surface area (Å²) in [6.45, 7) is 4.61. The molecule has 3 rings (SSSR count). The van der Waals surface area contributed by atoms with Gasteiger partial charge in [0.15, 0.2) is 0 Å². The average molecular weight is 463 g/mol. The molecule has 1 amide bonds. The molecule has 0 aliphatic carbocycles. The molecule has 0 aliphatic heterocycles. The van der Waals surface area contributed by atoms with Gasteiger partial charge < -0.3 is 15.0 Å². The summed E-state index contributed by atoms with van der Waals surface area (Å²) in [6, 6.07) is 20.1. The first kappa shape index (κ1) is 24.9. The van der Waals surface area contributed by atoms with Gasteiger partial charge in [-0.25, -0.2) is 4.98 Å². The number of nitrogens with zero attached hydrogens (tertiary/aromatic N) is 3. The molecule has 0 spiro atoms. The quantitative estimate of drug-likeness (QED) is 0.330. The summed E-state index contributed by atoms with van der Waals surface area (Å²) in [4.78, 5) is 30.0. The summed E-state index contributed by atoms with van der Waals surface area (Å²) in [6.07, 6.45) is 1.94. The minimum absolute atomic E-state index is 0.00684. The predicted molar refractivity (Wildman–Crippen MR) is 131 cm³/mol. The Labute approximate surface area is 199 Å². The second-order valence-electron chi connectivity index (χ2n) is 8.42. The van der Waals surface area contributed by atoms with Gasteiger partial charge in [-0.15, -0.1) is 0 Å². The molecule has 0 bridgehead atoms. The van der Waals surface area contributed by atoms with E-state index in [0.717, 1.165) is 12.0 Å². The smallest absolute Gasteiger partial charge is 0.292 e. The fraction of sp³-hybridized carbons (Fsp3) is 0.308. The highest BCUT2D eigenvalue weighted by Gasteiger charge is 2.26. The van der Waals surface area contributed by atoms with Gasteiger partial charge in [0, 0.05) is 26.2 Å². The Morgan fingerprint density at radius 1 is 1.12 bits per heavy atom. The Bertz CT molecular complexity index is 1090. The Kier molecular flexibility index (Phi) is 8.70. The third-order valence-electron chi connectivity index (χ3n) is 5.50. The highest BCUT2D eigenvalue weighted by molar-refractivity contribution is 5.82. The number of pyridine rings is 1. The number of nitrogens with one attached hydrogen (secondary N) is 1. The van der Waals surface area contributed by atoms with E-state index >= 15 is 0 Å². The van der Waals surface area contributed by atoms with E-state index in [1.165, 1.54) is 6.20 Å². The molecule has 3 aromatic rings. The first-order valence-corrected chi connectivity index (χ1v) is 11.2. The van der Waals surface area contributed by atoms with Gasteiger partial charge in [0.25, 0.3) is 5.69 Å². The summed E-state index contributed by atoms with van der Waals surface area (Å²) in [5.74, 6) is 0.773. The van der Waals surface area contributed by atoms with Gasteiger partial charge in [-0.3, -0.25) is 14.9 Å². The number of benzene rings is 2. The molecular formula is C26H30N4O4. The average Bonchev–Trinajstić information content (AvgIpc) is 2.83. The lowest BCUT2D eigenvalue weighted by Gasteiger charge is -2.27. The van der Waals surface area contributed by atoms with Gasteiger partial charge in [-0.05, 0) is 30.0 Å². The standard InChI is InChI=1S/C26H30N4O4/c1-19(2)25(26(31)29(3)15-14-20-10-6-4-7-11-20)28-17-21-16-24(27-18-23(21)30(32)33)34-22-12-8-5-9-13-22/h4-13,16,18-19,25,28H,14-15,17H2,1-3H3/t25-/m1/s1. The van der Waals surface area contributed by atoms with Crippen molar-refractivity contribution in [2.24, 2.45) is 5.92 Å². The normalized spacial score (nSPS) is 11.8. The molecular weight excluding hydrogens is 432 g/mol. The number of ether oxygens (including phenoxy) is 1. The number of rotatable bonds is 11. The molecule has 8 heteroatoms. The van der Waals surface area contributed by atoms with Crippen molar-refractivity contribution in [3.8, 4) is 11.6 Å². The van der Waals surface area contributed by atoms with Gasteiger partial charge in [0.2, 0.25) is 11.8 Å². The first-order valence-electron chi connectivity index (χ1n) is 11.2. The van der Waals surface area contributed by atoms with E-state index in [9.17, 15) is 14.9 Å². The molecule has 34 heavy (non-hydrogen) atoms. The van der Waals surface area contributed by atoms with Crippen molar-refractivity contribution in [2.75, 3.05) is 13.6 Å². The summed E-state index contributed by atoms with van der Waals surface area (Å²) < 4.78 is 5.73. The fourth-order valence-corrected chi connectivity index (χ4v) is 3.56. The van der Waals surface area contributed by atoms with Crippen LogP contribution in [0.15, 0.2) is 72.9 Å². The zero-order valence-corrected chi connectivity index (χ0v) is 19.7. The van der Waals surface area contributed by atoms with Gasteiger partial charge in [0.05, 0.1) is 16.5 Å². The maximum atomic E-state index is 13.1. The third-order valence-corrected chi connectivity index (χ3v) is 5.50. The number of carbonyl (C=O) groups excluding carboxylic acids is 1. The largest absolute Gasteiger partial charge is 0.439 e. The van der Waals surface area contributed by atoms with Crippen molar-refractivity contribution in [1.29, 1.82) is 0 Å². The Hall–Kier alpha value is -3.78. The van der Waals surface area contributed by atoms with Crippen LogP contribution in [0, 0.1) is 16.0 Å². The molecule has 1 aromatic heterocycles. The number of aromatic nitrogens is 1. The van der Waals surface area contributed by atoms with Crippen LogP contribution in [-0.2, 0) is 17.8 Å². The minimum atomic E-state index is -0.493. The molecule has 1 atom stereocenters. The topological polar surface area (TPSA) is 97.6 Å². The fourth-order valence-electron chi connectivity index (χ4n) is 3.56. The van der Waals surface area contributed by atoms with Crippen LogP contribution in [0.25, 0.3) is 0 Å². The van der Waals surface area contributed by atoms with Crippen molar-refractivity contribution in [2.45, 2.75) is 32.9 Å². The van der Waals surface area contributed by atoms with Crippen LogP contribution < -0.4 is 10.1 Å². The van der Waals surface area contributed by atoms with Crippen LogP contribution in [0.3, 0.4) is 0 Å². The molecule has 0 saturated carbocycles. The second-order valence-corrected chi connectivity index (χ2v) is 8.42. The number of likely N-dealkylation sites (N-methyl/N-ethyl adjacent to an activating group) is 1. The van der Waals surface area contributed by atoms with Crippen LogP contribution in [0.1, 0.15) is 25.0 Å². The predicted octanol–water partition coefficient (Wildman–Crippen LogP) is 4.60. The molecule has 0 saturated heterocycles. The summed E-state index contributed by atoms with van der Waals surface area (Å²) in [7, 11) is 1.78. The van der Waals surface area contributed by atoms with Crippen molar-refractivity contribution in [3.63, 3.8) is 0 Å². The first-order chi connectivity index (χ1) is 16.3. The molecule has 0 unspecified atom stereocenters. The van der Waals surface area contributed by atoms with Crippen LogP contribution >= 0.6 is 0 Å².